The lowest BCUT2D eigenvalue weighted by Crippen LogP contribution is -2.29. The van der Waals surface area contributed by atoms with E-state index in [0.717, 1.165) is 28.5 Å². The summed E-state index contributed by atoms with van der Waals surface area (Å²) in [7, 11) is 1.78. The van der Waals surface area contributed by atoms with Crippen LogP contribution in [0, 0.1) is 20.8 Å². The van der Waals surface area contributed by atoms with Crippen LogP contribution in [0.4, 0.5) is 0 Å². The lowest BCUT2D eigenvalue weighted by molar-refractivity contribution is -0.125. The van der Waals surface area contributed by atoms with Crippen molar-refractivity contribution in [1.29, 1.82) is 0 Å². The Kier molecular flexibility index (Phi) is 6.60. The van der Waals surface area contributed by atoms with Crippen LogP contribution in [0.2, 0.25) is 0 Å². The van der Waals surface area contributed by atoms with E-state index in [4.69, 9.17) is 9.15 Å². The van der Waals surface area contributed by atoms with Crippen molar-refractivity contribution in [3.8, 4) is 5.75 Å². The lowest BCUT2D eigenvalue weighted by atomic mass is 10.2. The molecule has 5 nitrogen and oxygen atoms in total. The van der Waals surface area contributed by atoms with E-state index in [1.165, 1.54) is 5.56 Å². The van der Waals surface area contributed by atoms with Gasteiger partial charge in [0.2, 0.25) is 5.91 Å². The smallest absolute Gasteiger partial charge is 0.246 e. The maximum atomic E-state index is 12.4. The van der Waals surface area contributed by atoms with Crippen molar-refractivity contribution in [3.63, 3.8) is 0 Å². The molecule has 0 aliphatic rings. The van der Waals surface area contributed by atoms with Gasteiger partial charge in [-0.15, -0.1) is 0 Å². The maximum absolute atomic E-state index is 12.4. The molecule has 0 unspecified atom stereocenters. The van der Waals surface area contributed by atoms with Gasteiger partial charge in [0.15, 0.2) is 0 Å². The molecule has 1 amide bonds. The molecule has 2 heterocycles. The van der Waals surface area contributed by atoms with Crippen LogP contribution >= 0.6 is 0 Å². The number of furan rings is 1. The zero-order chi connectivity index (χ0) is 20.8. The number of likely N-dealkylation sites (N-methyl/N-ethyl adjacent to an activating group) is 1. The van der Waals surface area contributed by atoms with Gasteiger partial charge in [0.05, 0.1) is 19.4 Å². The molecule has 0 fully saturated rings. The van der Waals surface area contributed by atoms with Gasteiger partial charge < -0.3 is 18.6 Å². The number of carbonyl (C=O) groups is 1. The lowest BCUT2D eigenvalue weighted by Gasteiger charge is -2.15. The summed E-state index contributed by atoms with van der Waals surface area (Å²) in [5, 5.41) is 0. The maximum Gasteiger partial charge on any atom is 0.246 e. The first-order chi connectivity index (χ1) is 13.9. The van der Waals surface area contributed by atoms with Crippen LogP contribution in [0.15, 0.2) is 59.2 Å². The largest absolute Gasteiger partial charge is 0.492 e. The van der Waals surface area contributed by atoms with Crippen LogP contribution in [0.5, 0.6) is 5.75 Å². The first kappa shape index (κ1) is 20.5. The fourth-order valence-electron chi connectivity index (χ4n) is 3.13. The van der Waals surface area contributed by atoms with Crippen LogP contribution in [0.25, 0.3) is 6.08 Å². The highest BCUT2D eigenvalue weighted by atomic mass is 16.5. The molecular weight excluding hydrogens is 364 g/mol. The molecule has 0 atom stereocenters. The number of ether oxygens (including phenoxy) is 1. The van der Waals surface area contributed by atoms with E-state index in [0.29, 0.717) is 19.7 Å². The average molecular weight is 392 g/mol. The van der Waals surface area contributed by atoms with Crippen LogP contribution in [0.3, 0.4) is 0 Å². The summed E-state index contributed by atoms with van der Waals surface area (Å²) in [4.78, 5) is 14.1. The minimum Gasteiger partial charge on any atom is -0.492 e. The Hall–Kier alpha value is -3.21. The third-order valence-corrected chi connectivity index (χ3v) is 5.00. The molecule has 1 aromatic carbocycles. The highest BCUT2D eigenvalue weighted by Crippen LogP contribution is 2.19. The molecule has 0 saturated heterocycles. The molecule has 5 heteroatoms. The van der Waals surface area contributed by atoms with E-state index in [-0.39, 0.29) is 5.91 Å². The molecule has 0 aliphatic carbocycles. The van der Waals surface area contributed by atoms with Gasteiger partial charge >= 0.3 is 0 Å². The first-order valence-corrected chi connectivity index (χ1v) is 9.76. The summed E-state index contributed by atoms with van der Waals surface area (Å²) in [5.74, 6) is 1.68. The van der Waals surface area contributed by atoms with E-state index in [9.17, 15) is 4.79 Å². The number of hydrogen-bond acceptors (Lipinski definition) is 3. The Morgan fingerprint density at radius 3 is 2.62 bits per heavy atom. The number of aryl methyl sites for hydroxylation is 2. The number of carbonyl (C=O) groups excluding carboxylic acids is 1. The number of rotatable bonds is 8. The van der Waals surface area contributed by atoms with Gasteiger partial charge in [0, 0.05) is 24.5 Å². The second-order valence-corrected chi connectivity index (χ2v) is 7.25. The third-order valence-electron chi connectivity index (χ3n) is 5.00. The predicted octanol–water partition coefficient (Wildman–Crippen LogP) is 4.61. The highest BCUT2D eigenvalue weighted by molar-refractivity contribution is 5.91. The summed E-state index contributed by atoms with van der Waals surface area (Å²) in [5.41, 5.74) is 4.46. The second-order valence-electron chi connectivity index (χ2n) is 7.25. The normalized spacial score (nSPS) is 11.2. The summed E-state index contributed by atoms with van der Waals surface area (Å²) < 4.78 is 13.3. The Bertz CT molecular complexity index is 966. The third kappa shape index (κ3) is 5.41. The molecular formula is C24H28N2O3. The number of amides is 1. The van der Waals surface area contributed by atoms with Crippen LogP contribution in [-0.4, -0.2) is 35.6 Å². The van der Waals surface area contributed by atoms with Crippen LogP contribution in [-0.2, 0) is 11.3 Å². The van der Waals surface area contributed by atoms with Gasteiger partial charge in [0.1, 0.15) is 18.1 Å². The van der Waals surface area contributed by atoms with Gasteiger partial charge in [0.25, 0.3) is 0 Å². The Balaban J connectivity index is 1.54. The first-order valence-electron chi connectivity index (χ1n) is 9.76. The zero-order valence-electron chi connectivity index (χ0n) is 17.5. The molecule has 0 bridgehead atoms. The minimum atomic E-state index is -0.0478. The molecule has 0 spiro atoms. The van der Waals surface area contributed by atoms with Crippen molar-refractivity contribution in [1.82, 2.24) is 9.47 Å². The molecule has 0 saturated carbocycles. The standard InChI is InChI=1S/C24H28N2O3/c1-18-7-10-22(11-8-18)29-15-13-25(4)24(27)12-9-21-16-19(2)26(20(21)3)17-23-6-5-14-28-23/h5-12,14,16H,13,15,17H2,1-4H3/b12-9+. The number of hydrogen-bond donors (Lipinski definition) is 0. The van der Waals surface area contributed by atoms with Gasteiger partial charge in [-0.25, -0.2) is 0 Å². The number of nitrogens with zero attached hydrogens (tertiary/aromatic N) is 2. The zero-order valence-corrected chi connectivity index (χ0v) is 17.5. The molecule has 0 aliphatic heterocycles. The molecule has 29 heavy (non-hydrogen) atoms. The molecule has 0 radical (unpaired) electrons. The van der Waals surface area contributed by atoms with Crippen molar-refractivity contribution < 1.29 is 13.9 Å². The fourth-order valence-corrected chi connectivity index (χ4v) is 3.13. The quantitative estimate of drug-likeness (QED) is 0.526. The Labute approximate surface area is 172 Å². The van der Waals surface area contributed by atoms with Gasteiger partial charge in [-0.3, -0.25) is 4.79 Å². The monoisotopic (exact) mass is 392 g/mol. The second kappa shape index (κ2) is 9.32. The molecule has 3 rings (SSSR count). The van der Waals surface area contributed by atoms with E-state index in [1.54, 1.807) is 24.3 Å². The van der Waals surface area contributed by atoms with E-state index in [2.05, 4.69) is 24.5 Å². The Morgan fingerprint density at radius 2 is 1.93 bits per heavy atom. The van der Waals surface area contributed by atoms with Gasteiger partial charge in [-0.2, -0.15) is 0 Å². The van der Waals surface area contributed by atoms with Crippen LogP contribution < -0.4 is 4.74 Å². The summed E-state index contributed by atoms with van der Waals surface area (Å²) in [6.45, 7) is 7.81. The van der Waals surface area contributed by atoms with Gasteiger partial charge in [-0.05, 0) is 62.7 Å². The Morgan fingerprint density at radius 1 is 1.17 bits per heavy atom. The molecule has 3 aromatic rings. The number of aromatic nitrogens is 1. The summed E-state index contributed by atoms with van der Waals surface area (Å²) >= 11 is 0. The molecule has 2 aromatic heterocycles. The molecule has 152 valence electrons. The summed E-state index contributed by atoms with van der Waals surface area (Å²) in [6, 6.07) is 13.8. The predicted molar refractivity (Wildman–Crippen MR) is 115 cm³/mol. The van der Waals surface area contributed by atoms with E-state index >= 15 is 0 Å². The average Bonchev–Trinajstić information content (AvgIpc) is 3.31. The highest BCUT2D eigenvalue weighted by Gasteiger charge is 2.10. The SMILES string of the molecule is Cc1ccc(OCCN(C)C(=O)/C=C/c2cc(C)n(Cc3ccco3)c2C)cc1. The van der Waals surface area contributed by atoms with E-state index in [1.807, 2.05) is 49.4 Å². The van der Waals surface area contributed by atoms with Crippen molar-refractivity contribution in [3.05, 3.63) is 83.1 Å². The van der Waals surface area contributed by atoms with Gasteiger partial charge in [-0.1, -0.05) is 17.7 Å². The topological polar surface area (TPSA) is 47.6 Å². The van der Waals surface area contributed by atoms with E-state index < -0.39 is 0 Å². The van der Waals surface area contributed by atoms with Crippen molar-refractivity contribution in [2.75, 3.05) is 20.2 Å². The summed E-state index contributed by atoms with van der Waals surface area (Å²) in [6.07, 6.45) is 5.17. The fraction of sp³-hybridized carbons (Fsp3) is 0.292. The van der Waals surface area contributed by atoms with Crippen molar-refractivity contribution in [2.45, 2.75) is 27.3 Å². The number of benzene rings is 1. The van der Waals surface area contributed by atoms with Crippen LogP contribution in [0.1, 0.15) is 28.3 Å². The van der Waals surface area contributed by atoms with Crippen molar-refractivity contribution >= 4 is 12.0 Å². The minimum absolute atomic E-state index is 0.0478. The van der Waals surface area contributed by atoms with Crippen molar-refractivity contribution in [2.24, 2.45) is 0 Å². The molecule has 0 N–H and O–H groups in total.